The van der Waals surface area contributed by atoms with E-state index >= 15 is 0 Å². The Morgan fingerprint density at radius 2 is 2.05 bits per heavy atom. The number of hydrogen-bond acceptors (Lipinski definition) is 3. The molecular weight excluding hydrogens is 246 g/mol. The van der Waals surface area contributed by atoms with E-state index in [9.17, 15) is 0 Å². The Morgan fingerprint density at radius 1 is 1.25 bits per heavy atom. The topological polar surface area (TPSA) is 37.8 Å². The quantitative estimate of drug-likeness (QED) is 0.921. The van der Waals surface area contributed by atoms with Crippen molar-refractivity contribution in [2.45, 2.75) is 39.7 Å². The molecule has 3 rings (SSSR count). The van der Waals surface area contributed by atoms with E-state index < -0.39 is 0 Å². The highest BCUT2D eigenvalue weighted by Gasteiger charge is 2.29. The second-order valence-corrected chi connectivity index (χ2v) is 5.65. The van der Waals surface area contributed by atoms with Gasteiger partial charge in [0.05, 0.1) is 6.04 Å². The number of aryl methyl sites for hydroxylation is 2. The Bertz CT molecular complexity index is 621. The van der Waals surface area contributed by atoms with Gasteiger partial charge in [0.1, 0.15) is 11.6 Å². The highest BCUT2D eigenvalue weighted by molar-refractivity contribution is 5.45. The largest absolute Gasteiger partial charge is 0.363 e. The predicted octanol–water partition coefficient (Wildman–Crippen LogP) is 3.69. The molecule has 1 heterocycles. The van der Waals surface area contributed by atoms with Crippen molar-refractivity contribution in [3.63, 3.8) is 0 Å². The number of nitrogens with zero attached hydrogens (tertiary/aromatic N) is 2. The zero-order valence-corrected chi connectivity index (χ0v) is 12.4. The van der Waals surface area contributed by atoms with E-state index in [1.807, 2.05) is 6.92 Å². The van der Waals surface area contributed by atoms with Crippen molar-refractivity contribution in [3.8, 4) is 0 Å². The molecule has 0 spiro atoms. The number of aromatic nitrogens is 2. The summed E-state index contributed by atoms with van der Waals surface area (Å²) in [5.41, 5.74) is 3.97. The fourth-order valence-corrected chi connectivity index (χ4v) is 3.06. The van der Waals surface area contributed by atoms with Crippen LogP contribution in [-0.2, 0) is 12.8 Å². The van der Waals surface area contributed by atoms with E-state index in [1.54, 1.807) is 0 Å². The maximum atomic E-state index is 4.53. The van der Waals surface area contributed by atoms with E-state index in [4.69, 9.17) is 0 Å². The fraction of sp³-hybridized carbons (Fsp3) is 0.412. The lowest BCUT2D eigenvalue weighted by Crippen LogP contribution is -2.16. The van der Waals surface area contributed by atoms with Gasteiger partial charge in [-0.2, -0.15) is 0 Å². The molecular formula is C17H21N3. The van der Waals surface area contributed by atoms with E-state index in [2.05, 4.69) is 59.5 Å². The minimum Gasteiger partial charge on any atom is -0.363 e. The van der Waals surface area contributed by atoms with Gasteiger partial charge in [0.25, 0.3) is 0 Å². The standard InChI is InChI=1S/C17H21N3/c1-4-14-10-16(19-12(3)18-14)20-17-11(2)9-13-7-5-6-8-15(13)17/h5-8,10-11,17H,4,9H2,1-3H3,(H,18,19,20). The molecule has 1 aliphatic carbocycles. The second-order valence-electron chi connectivity index (χ2n) is 5.65. The van der Waals surface area contributed by atoms with E-state index in [0.29, 0.717) is 12.0 Å². The van der Waals surface area contributed by atoms with Crippen molar-refractivity contribution in [1.29, 1.82) is 0 Å². The van der Waals surface area contributed by atoms with Gasteiger partial charge in [-0.15, -0.1) is 0 Å². The zero-order chi connectivity index (χ0) is 14.1. The number of fused-ring (bicyclic) bond motifs is 1. The molecule has 0 saturated heterocycles. The van der Waals surface area contributed by atoms with Gasteiger partial charge in [-0.3, -0.25) is 0 Å². The van der Waals surface area contributed by atoms with Crippen LogP contribution in [0, 0.1) is 12.8 Å². The van der Waals surface area contributed by atoms with Gasteiger partial charge in [-0.05, 0) is 36.8 Å². The molecule has 2 aromatic rings. The SMILES string of the molecule is CCc1cc(NC2c3ccccc3CC2C)nc(C)n1. The summed E-state index contributed by atoms with van der Waals surface area (Å²) in [6, 6.07) is 11.1. The fourth-order valence-electron chi connectivity index (χ4n) is 3.06. The molecule has 2 atom stereocenters. The summed E-state index contributed by atoms with van der Waals surface area (Å²) in [6.07, 6.45) is 2.08. The number of hydrogen-bond donors (Lipinski definition) is 1. The smallest absolute Gasteiger partial charge is 0.130 e. The third kappa shape index (κ3) is 2.40. The first-order valence-electron chi connectivity index (χ1n) is 7.36. The van der Waals surface area contributed by atoms with Crippen LogP contribution in [0.3, 0.4) is 0 Å². The van der Waals surface area contributed by atoms with Gasteiger partial charge >= 0.3 is 0 Å². The van der Waals surface area contributed by atoms with Crippen LogP contribution in [0.1, 0.15) is 42.5 Å². The van der Waals surface area contributed by atoms with Gasteiger partial charge in [-0.25, -0.2) is 9.97 Å². The second kappa shape index (κ2) is 5.23. The molecule has 0 bridgehead atoms. The molecule has 1 aliphatic rings. The Morgan fingerprint density at radius 3 is 2.85 bits per heavy atom. The lowest BCUT2D eigenvalue weighted by atomic mass is 10.0. The minimum atomic E-state index is 0.352. The first kappa shape index (κ1) is 13.1. The van der Waals surface area contributed by atoms with Crippen LogP contribution in [-0.4, -0.2) is 9.97 Å². The van der Waals surface area contributed by atoms with E-state index in [1.165, 1.54) is 11.1 Å². The summed E-state index contributed by atoms with van der Waals surface area (Å²) in [6.45, 7) is 6.38. The molecule has 3 heteroatoms. The van der Waals surface area contributed by atoms with Gasteiger partial charge in [-0.1, -0.05) is 38.1 Å². The van der Waals surface area contributed by atoms with Crippen molar-refractivity contribution < 1.29 is 0 Å². The summed E-state index contributed by atoms with van der Waals surface area (Å²) in [5, 5.41) is 3.61. The Kier molecular flexibility index (Phi) is 3.43. The van der Waals surface area contributed by atoms with Gasteiger partial charge < -0.3 is 5.32 Å². The third-order valence-corrected chi connectivity index (χ3v) is 4.06. The predicted molar refractivity (Wildman–Crippen MR) is 81.8 cm³/mol. The van der Waals surface area contributed by atoms with Crippen LogP contribution in [0.25, 0.3) is 0 Å². The number of anilines is 1. The summed E-state index contributed by atoms with van der Waals surface area (Å²) in [5.74, 6) is 2.38. The molecule has 0 amide bonds. The zero-order valence-electron chi connectivity index (χ0n) is 12.4. The van der Waals surface area contributed by atoms with Crippen LogP contribution in [0.15, 0.2) is 30.3 Å². The maximum absolute atomic E-state index is 4.53. The first-order chi connectivity index (χ1) is 9.67. The van der Waals surface area contributed by atoms with E-state index in [-0.39, 0.29) is 0 Å². The van der Waals surface area contributed by atoms with Crippen molar-refractivity contribution in [1.82, 2.24) is 9.97 Å². The molecule has 3 nitrogen and oxygen atoms in total. The van der Waals surface area contributed by atoms with Gasteiger partial charge in [0.15, 0.2) is 0 Å². The van der Waals surface area contributed by atoms with Crippen LogP contribution < -0.4 is 5.32 Å². The Balaban J connectivity index is 1.90. The Hall–Kier alpha value is -1.90. The number of rotatable bonds is 3. The summed E-state index contributed by atoms with van der Waals surface area (Å²) in [4.78, 5) is 8.97. The maximum Gasteiger partial charge on any atom is 0.130 e. The number of nitrogens with one attached hydrogen (secondary N) is 1. The average molecular weight is 267 g/mol. The molecule has 0 radical (unpaired) electrons. The van der Waals surface area contributed by atoms with Crippen LogP contribution >= 0.6 is 0 Å². The van der Waals surface area contributed by atoms with Crippen molar-refractivity contribution in [2.24, 2.45) is 5.92 Å². The summed E-state index contributed by atoms with van der Waals surface area (Å²) in [7, 11) is 0. The normalized spacial score (nSPS) is 20.8. The number of benzene rings is 1. The van der Waals surface area contributed by atoms with Crippen molar-refractivity contribution in [2.75, 3.05) is 5.32 Å². The van der Waals surface area contributed by atoms with E-state index in [0.717, 1.165) is 30.2 Å². The molecule has 2 unspecified atom stereocenters. The molecule has 1 N–H and O–H groups in total. The van der Waals surface area contributed by atoms with Gasteiger partial charge in [0.2, 0.25) is 0 Å². The Labute approximate surface area is 120 Å². The summed E-state index contributed by atoms with van der Waals surface area (Å²) >= 11 is 0. The summed E-state index contributed by atoms with van der Waals surface area (Å²) < 4.78 is 0. The molecule has 1 aromatic carbocycles. The van der Waals surface area contributed by atoms with Gasteiger partial charge in [0, 0.05) is 11.8 Å². The molecule has 0 aliphatic heterocycles. The minimum absolute atomic E-state index is 0.352. The lowest BCUT2D eigenvalue weighted by molar-refractivity contribution is 0.540. The monoisotopic (exact) mass is 267 g/mol. The molecule has 0 saturated carbocycles. The van der Waals surface area contributed by atoms with Crippen LogP contribution in [0.5, 0.6) is 0 Å². The highest BCUT2D eigenvalue weighted by Crippen LogP contribution is 2.37. The molecule has 104 valence electrons. The lowest BCUT2D eigenvalue weighted by Gasteiger charge is -2.20. The van der Waals surface area contributed by atoms with Crippen LogP contribution in [0.2, 0.25) is 0 Å². The van der Waals surface area contributed by atoms with Crippen molar-refractivity contribution in [3.05, 3.63) is 53.0 Å². The molecule has 0 fully saturated rings. The molecule has 1 aromatic heterocycles. The first-order valence-corrected chi connectivity index (χ1v) is 7.36. The molecule has 20 heavy (non-hydrogen) atoms. The third-order valence-electron chi connectivity index (χ3n) is 4.06. The van der Waals surface area contributed by atoms with Crippen molar-refractivity contribution >= 4 is 5.82 Å². The van der Waals surface area contributed by atoms with Crippen LogP contribution in [0.4, 0.5) is 5.82 Å². The average Bonchev–Trinajstić information content (AvgIpc) is 2.75. The highest BCUT2D eigenvalue weighted by atomic mass is 15.1.